The zero-order valence-electron chi connectivity index (χ0n) is 14.9. The third kappa shape index (κ3) is 5.67. The zero-order chi connectivity index (χ0) is 21.8. The Hall–Kier alpha value is -3.67. The number of hydrogen-bond donors (Lipinski definition) is 2. The molecule has 0 aliphatic carbocycles. The summed E-state index contributed by atoms with van der Waals surface area (Å²) in [7, 11) is -3.92. The first-order valence-corrected chi connectivity index (χ1v) is 9.68. The summed E-state index contributed by atoms with van der Waals surface area (Å²) in [5.41, 5.74) is 0.370. The van der Waals surface area contributed by atoms with E-state index in [1.54, 1.807) is 0 Å². The van der Waals surface area contributed by atoms with Crippen molar-refractivity contribution < 1.29 is 31.1 Å². The van der Waals surface area contributed by atoms with E-state index in [0.717, 1.165) is 12.1 Å². The number of halogens is 3. The third-order valence-electron chi connectivity index (χ3n) is 3.56. The second-order valence-electron chi connectivity index (χ2n) is 5.73. The molecule has 3 rings (SSSR count). The lowest BCUT2D eigenvalue weighted by molar-refractivity contribution is -0.274. The summed E-state index contributed by atoms with van der Waals surface area (Å²) in [6, 6.07) is 11.1. The lowest BCUT2D eigenvalue weighted by Crippen LogP contribution is -2.17. The molecule has 0 aliphatic heterocycles. The van der Waals surface area contributed by atoms with E-state index in [0.29, 0.717) is 0 Å². The third-order valence-corrected chi connectivity index (χ3v) is 4.91. The van der Waals surface area contributed by atoms with Crippen LogP contribution in [0.2, 0.25) is 0 Å². The van der Waals surface area contributed by atoms with E-state index in [2.05, 4.69) is 24.7 Å². The van der Waals surface area contributed by atoms with Gasteiger partial charge in [0.15, 0.2) is 0 Å². The smallest absolute Gasteiger partial charge is 0.406 e. The Kier molecular flexibility index (Phi) is 5.87. The minimum atomic E-state index is -4.83. The predicted octanol–water partition coefficient (Wildman–Crippen LogP) is 3.43. The van der Waals surface area contributed by atoms with Crippen LogP contribution in [-0.2, 0) is 10.0 Å². The number of hydrogen-bond acceptors (Lipinski definition) is 6. The van der Waals surface area contributed by atoms with Crippen molar-refractivity contribution in [1.29, 1.82) is 0 Å². The number of nitrogens with one attached hydrogen (secondary N) is 2. The van der Waals surface area contributed by atoms with Gasteiger partial charge in [-0.2, -0.15) is 0 Å². The molecule has 0 radical (unpaired) electrons. The van der Waals surface area contributed by atoms with Gasteiger partial charge in [0.2, 0.25) is 5.95 Å². The van der Waals surface area contributed by atoms with Crippen molar-refractivity contribution in [2.75, 3.05) is 10.0 Å². The van der Waals surface area contributed by atoms with Crippen molar-refractivity contribution in [2.24, 2.45) is 0 Å². The molecule has 0 unspecified atom stereocenters. The van der Waals surface area contributed by atoms with Crippen LogP contribution in [0, 0.1) is 0 Å². The molecule has 2 N–H and O–H groups in total. The molecule has 0 aliphatic rings. The molecule has 0 saturated carbocycles. The van der Waals surface area contributed by atoms with Crippen LogP contribution in [0.3, 0.4) is 0 Å². The number of alkyl halides is 3. The van der Waals surface area contributed by atoms with Gasteiger partial charge in [-0.1, -0.05) is 0 Å². The number of carbonyl (C=O) groups is 1. The van der Waals surface area contributed by atoms with Gasteiger partial charge in [-0.05, 0) is 54.6 Å². The van der Waals surface area contributed by atoms with Crippen LogP contribution in [0.4, 0.5) is 24.8 Å². The lowest BCUT2D eigenvalue weighted by Gasteiger charge is -2.10. The molecule has 1 amide bonds. The van der Waals surface area contributed by atoms with E-state index in [1.807, 2.05) is 0 Å². The molecule has 30 heavy (non-hydrogen) atoms. The number of carbonyl (C=O) groups excluding carboxylic acids is 1. The van der Waals surface area contributed by atoms with Gasteiger partial charge < -0.3 is 10.1 Å². The number of aromatic nitrogens is 2. The van der Waals surface area contributed by atoms with Crippen molar-refractivity contribution in [1.82, 2.24) is 9.97 Å². The second-order valence-corrected chi connectivity index (χ2v) is 7.41. The molecule has 12 heteroatoms. The van der Waals surface area contributed by atoms with Crippen LogP contribution < -0.4 is 14.8 Å². The molecule has 0 fully saturated rings. The number of benzene rings is 2. The fourth-order valence-corrected chi connectivity index (χ4v) is 3.22. The summed E-state index contributed by atoms with van der Waals surface area (Å²) in [6.07, 6.45) is -2.07. The minimum absolute atomic E-state index is 0.0818. The van der Waals surface area contributed by atoms with E-state index >= 15 is 0 Å². The molecule has 0 bridgehead atoms. The molecule has 3 aromatic rings. The number of rotatable bonds is 6. The summed E-state index contributed by atoms with van der Waals surface area (Å²) in [6.45, 7) is 0. The van der Waals surface area contributed by atoms with Crippen LogP contribution in [0.15, 0.2) is 71.9 Å². The molecule has 0 atom stereocenters. The monoisotopic (exact) mass is 438 g/mol. The molecule has 8 nitrogen and oxygen atoms in total. The van der Waals surface area contributed by atoms with E-state index < -0.39 is 28.0 Å². The van der Waals surface area contributed by atoms with Crippen LogP contribution in [0.1, 0.15) is 10.4 Å². The Morgan fingerprint density at radius 2 is 1.53 bits per heavy atom. The van der Waals surface area contributed by atoms with Gasteiger partial charge in [0.1, 0.15) is 5.75 Å². The van der Waals surface area contributed by atoms with Crippen LogP contribution in [0.25, 0.3) is 0 Å². The van der Waals surface area contributed by atoms with Gasteiger partial charge >= 0.3 is 6.36 Å². The van der Waals surface area contributed by atoms with E-state index in [4.69, 9.17) is 0 Å². The molecular weight excluding hydrogens is 425 g/mol. The maximum atomic E-state index is 12.3. The Bertz CT molecular complexity index is 1120. The molecule has 1 heterocycles. The first-order valence-electron chi connectivity index (χ1n) is 8.19. The van der Waals surface area contributed by atoms with Crippen molar-refractivity contribution in [3.63, 3.8) is 0 Å². The summed E-state index contributed by atoms with van der Waals surface area (Å²) in [5, 5.41) is 2.51. The van der Waals surface area contributed by atoms with Gasteiger partial charge in [0.25, 0.3) is 15.9 Å². The molecule has 0 saturated heterocycles. The fraction of sp³-hybridized carbons (Fsp3) is 0.0556. The van der Waals surface area contributed by atoms with Crippen LogP contribution in [0.5, 0.6) is 5.75 Å². The maximum Gasteiger partial charge on any atom is 0.573 e. The SMILES string of the molecule is O=C(Nc1ccc(S(=O)(=O)Nc2ncccn2)cc1)c1ccc(OC(F)(F)F)cc1. The van der Waals surface area contributed by atoms with E-state index in [-0.39, 0.29) is 22.1 Å². The number of sulfonamides is 1. The highest BCUT2D eigenvalue weighted by molar-refractivity contribution is 7.92. The highest BCUT2D eigenvalue weighted by Crippen LogP contribution is 2.23. The lowest BCUT2D eigenvalue weighted by atomic mass is 10.2. The van der Waals surface area contributed by atoms with Gasteiger partial charge in [-0.15, -0.1) is 13.2 Å². The summed E-state index contributed by atoms with van der Waals surface area (Å²) < 4.78 is 67.1. The molecule has 1 aromatic heterocycles. The van der Waals surface area contributed by atoms with Gasteiger partial charge in [0, 0.05) is 23.6 Å². The van der Waals surface area contributed by atoms with Crippen molar-refractivity contribution in [2.45, 2.75) is 11.3 Å². The molecule has 2 aromatic carbocycles. The Balaban J connectivity index is 1.66. The summed E-state index contributed by atoms with van der Waals surface area (Å²) in [4.78, 5) is 19.7. The zero-order valence-corrected chi connectivity index (χ0v) is 15.7. The second kappa shape index (κ2) is 8.37. The predicted molar refractivity (Wildman–Crippen MR) is 100 cm³/mol. The van der Waals surface area contributed by atoms with Crippen LogP contribution >= 0.6 is 0 Å². The first kappa shape index (κ1) is 21.0. The van der Waals surface area contributed by atoms with E-state index in [1.165, 1.54) is 54.9 Å². The Morgan fingerprint density at radius 1 is 0.933 bits per heavy atom. The minimum Gasteiger partial charge on any atom is -0.406 e. The number of nitrogens with zero attached hydrogens (tertiary/aromatic N) is 2. The largest absolute Gasteiger partial charge is 0.573 e. The topological polar surface area (TPSA) is 110 Å². The van der Waals surface area contributed by atoms with E-state index in [9.17, 15) is 26.4 Å². The highest BCUT2D eigenvalue weighted by Gasteiger charge is 2.31. The summed E-state index contributed by atoms with van der Waals surface area (Å²) in [5.74, 6) is -1.14. The molecule has 156 valence electrons. The maximum absolute atomic E-state index is 12.3. The standard InChI is InChI=1S/C18H13F3N4O4S/c19-18(20,21)29-14-6-2-12(3-7-14)16(26)24-13-4-8-15(9-5-13)30(27,28)25-17-22-10-1-11-23-17/h1-11H,(H,24,26)(H,22,23,25). The quantitative estimate of drug-likeness (QED) is 0.610. The first-order chi connectivity index (χ1) is 14.1. The van der Waals surface area contributed by atoms with Crippen LogP contribution in [-0.4, -0.2) is 30.7 Å². The summed E-state index contributed by atoms with van der Waals surface area (Å²) >= 11 is 0. The Morgan fingerprint density at radius 3 is 2.10 bits per heavy atom. The molecule has 0 spiro atoms. The average molecular weight is 438 g/mol. The molecular formula is C18H13F3N4O4S. The number of ether oxygens (including phenoxy) is 1. The number of anilines is 2. The van der Waals surface area contributed by atoms with Crippen molar-refractivity contribution in [3.8, 4) is 5.75 Å². The van der Waals surface area contributed by atoms with Gasteiger partial charge in [-0.3, -0.25) is 4.79 Å². The number of amides is 1. The Labute approximate surface area is 168 Å². The van der Waals surface area contributed by atoms with Gasteiger partial charge in [0.05, 0.1) is 4.90 Å². The normalized spacial score (nSPS) is 11.6. The fourth-order valence-electron chi connectivity index (χ4n) is 2.26. The highest BCUT2D eigenvalue weighted by atomic mass is 32.2. The van der Waals surface area contributed by atoms with Crippen molar-refractivity contribution in [3.05, 3.63) is 72.6 Å². The average Bonchev–Trinajstić information content (AvgIpc) is 2.68. The van der Waals surface area contributed by atoms with Crippen molar-refractivity contribution >= 4 is 27.6 Å². The van der Waals surface area contributed by atoms with Gasteiger partial charge in [-0.25, -0.2) is 23.1 Å².